The summed E-state index contributed by atoms with van der Waals surface area (Å²) < 4.78 is 13.4. The third-order valence-electron chi connectivity index (χ3n) is 3.25. The van der Waals surface area contributed by atoms with Gasteiger partial charge < -0.3 is 10.2 Å². The Morgan fingerprint density at radius 3 is 2.59 bits per heavy atom. The molecule has 116 valence electrons. The standard InChI is InChI=1S/C16H19FN4O/c1-21(2)14(12-7-4-3-5-8-12)11-19-16(22)20-15-13(17)9-6-10-18-15/h3-10,14H,11H2,1-2H3,(H2,18,19,20,22)/t14-/m0/s1. The zero-order valence-corrected chi connectivity index (χ0v) is 12.6. The van der Waals surface area contributed by atoms with E-state index in [0.717, 1.165) is 5.56 Å². The molecule has 1 aromatic carbocycles. The molecule has 2 N–H and O–H groups in total. The SMILES string of the molecule is CN(C)[C@@H](CNC(=O)Nc1ncccc1F)c1ccccc1. The van der Waals surface area contributed by atoms with Crippen LogP contribution < -0.4 is 10.6 Å². The lowest BCUT2D eigenvalue weighted by Crippen LogP contribution is -2.37. The van der Waals surface area contributed by atoms with Gasteiger partial charge in [0.1, 0.15) is 0 Å². The Balaban J connectivity index is 1.95. The molecule has 0 unspecified atom stereocenters. The van der Waals surface area contributed by atoms with Crippen LogP contribution in [0.4, 0.5) is 15.0 Å². The van der Waals surface area contributed by atoms with Gasteiger partial charge in [0.25, 0.3) is 0 Å². The lowest BCUT2D eigenvalue weighted by Gasteiger charge is -2.25. The number of anilines is 1. The summed E-state index contributed by atoms with van der Waals surface area (Å²) in [5.41, 5.74) is 1.09. The van der Waals surface area contributed by atoms with Crippen LogP contribution in [0.5, 0.6) is 0 Å². The topological polar surface area (TPSA) is 57.3 Å². The number of rotatable bonds is 5. The van der Waals surface area contributed by atoms with Gasteiger partial charge in [0.15, 0.2) is 11.6 Å². The van der Waals surface area contributed by atoms with Gasteiger partial charge >= 0.3 is 6.03 Å². The van der Waals surface area contributed by atoms with Crippen molar-refractivity contribution in [1.82, 2.24) is 15.2 Å². The van der Waals surface area contributed by atoms with Crippen LogP contribution in [0.15, 0.2) is 48.7 Å². The number of aromatic nitrogens is 1. The lowest BCUT2D eigenvalue weighted by molar-refractivity contribution is 0.243. The maximum atomic E-state index is 13.4. The maximum absolute atomic E-state index is 13.4. The molecular weight excluding hydrogens is 283 g/mol. The van der Waals surface area contributed by atoms with E-state index in [2.05, 4.69) is 15.6 Å². The Hall–Kier alpha value is -2.47. The molecule has 1 aromatic heterocycles. The molecule has 0 bridgehead atoms. The van der Waals surface area contributed by atoms with E-state index in [0.29, 0.717) is 6.54 Å². The number of carbonyl (C=O) groups excluding carboxylic acids is 1. The molecule has 0 aliphatic carbocycles. The third-order valence-corrected chi connectivity index (χ3v) is 3.25. The number of halogens is 1. The van der Waals surface area contributed by atoms with Gasteiger partial charge in [-0.05, 0) is 31.8 Å². The van der Waals surface area contributed by atoms with E-state index in [9.17, 15) is 9.18 Å². The van der Waals surface area contributed by atoms with E-state index in [1.54, 1.807) is 0 Å². The Bertz CT molecular complexity index is 619. The number of hydrogen-bond donors (Lipinski definition) is 2. The normalized spacial score (nSPS) is 12.0. The number of benzene rings is 1. The molecule has 0 saturated carbocycles. The number of nitrogens with zero attached hydrogens (tertiary/aromatic N) is 2. The van der Waals surface area contributed by atoms with E-state index < -0.39 is 11.8 Å². The molecule has 2 amide bonds. The van der Waals surface area contributed by atoms with Crippen molar-refractivity contribution in [2.24, 2.45) is 0 Å². The molecule has 6 heteroatoms. The summed E-state index contributed by atoms with van der Waals surface area (Å²) in [6, 6.07) is 12.1. The average molecular weight is 302 g/mol. The van der Waals surface area contributed by atoms with E-state index >= 15 is 0 Å². The van der Waals surface area contributed by atoms with Crippen molar-refractivity contribution in [3.8, 4) is 0 Å². The van der Waals surface area contributed by atoms with E-state index in [4.69, 9.17) is 0 Å². The quantitative estimate of drug-likeness (QED) is 0.892. The highest BCUT2D eigenvalue weighted by Crippen LogP contribution is 2.16. The summed E-state index contributed by atoms with van der Waals surface area (Å²) in [5.74, 6) is -0.647. The van der Waals surface area contributed by atoms with Gasteiger partial charge in [0, 0.05) is 12.7 Å². The fourth-order valence-corrected chi connectivity index (χ4v) is 2.09. The molecule has 2 rings (SSSR count). The van der Waals surface area contributed by atoms with E-state index in [-0.39, 0.29) is 11.9 Å². The second kappa shape index (κ2) is 7.51. The fraction of sp³-hybridized carbons (Fsp3) is 0.250. The molecule has 0 radical (unpaired) electrons. The summed E-state index contributed by atoms with van der Waals surface area (Å²) in [4.78, 5) is 17.7. The van der Waals surface area contributed by atoms with Gasteiger partial charge in [-0.25, -0.2) is 14.2 Å². The number of pyridine rings is 1. The Morgan fingerprint density at radius 1 is 1.23 bits per heavy atom. The predicted molar refractivity (Wildman–Crippen MR) is 84.1 cm³/mol. The first-order valence-corrected chi connectivity index (χ1v) is 6.94. The Labute approximate surface area is 129 Å². The van der Waals surface area contributed by atoms with Crippen molar-refractivity contribution in [3.63, 3.8) is 0 Å². The summed E-state index contributed by atoms with van der Waals surface area (Å²) >= 11 is 0. The molecule has 1 heterocycles. The van der Waals surface area contributed by atoms with E-state index in [1.807, 2.05) is 49.3 Å². The molecule has 0 fully saturated rings. The molecule has 0 saturated heterocycles. The van der Waals surface area contributed by atoms with Gasteiger partial charge in [-0.3, -0.25) is 5.32 Å². The van der Waals surface area contributed by atoms with Crippen molar-refractivity contribution >= 4 is 11.8 Å². The van der Waals surface area contributed by atoms with Crippen molar-refractivity contribution in [2.45, 2.75) is 6.04 Å². The van der Waals surface area contributed by atoms with Gasteiger partial charge in [0.05, 0.1) is 6.04 Å². The number of hydrogen-bond acceptors (Lipinski definition) is 3. The summed E-state index contributed by atoms with van der Waals surface area (Å²) in [7, 11) is 3.88. The minimum atomic E-state index is -0.565. The number of amides is 2. The zero-order chi connectivity index (χ0) is 15.9. The van der Waals surface area contributed by atoms with Crippen molar-refractivity contribution in [3.05, 3.63) is 60.0 Å². The van der Waals surface area contributed by atoms with Crippen LogP contribution in [0, 0.1) is 5.82 Å². The van der Waals surface area contributed by atoms with Gasteiger partial charge in [-0.1, -0.05) is 30.3 Å². The van der Waals surface area contributed by atoms with Crippen LogP contribution in [-0.4, -0.2) is 36.6 Å². The number of likely N-dealkylation sites (N-methyl/N-ethyl adjacent to an activating group) is 1. The van der Waals surface area contributed by atoms with Gasteiger partial charge in [-0.2, -0.15) is 0 Å². The van der Waals surface area contributed by atoms with Crippen LogP contribution >= 0.6 is 0 Å². The monoisotopic (exact) mass is 302 g/mol. The molecular formula is C16H19FN4O. The number of carbonyl (C=O) groups is 1. The second-order valence-corrected chi connectivity index (χ2v) is 5.06. The first-order chi connectivity index (χ1) is 10.6. The van der Waals surface area contributed by atoms with Gasteiger partial charge in [-0.15, -0.1) is 0 Å². The van der Waals surface area contributed by atoms with Crippen LogP contribution in [0.1, 0.15) is 11.6 Å². The highest BCUT2D eigenvalue weighted by molar-refractivity contribution is 5.88. The Kier molecular flexibility index (Phi) is 5.43. The fourth-order valence-electron chi connectivity index (χ4n) is 2.09. The first-order valence-electron chi connectivity index (χ1n) is 6.94. The summed E-state index contributed by atoms with van der Waals surface area (Å²) in [5, 5.41) is 5.14. The Morgan fingerprint density at radius 2 is 1.95 bits per heavy atom. The summed E-state index contributed by atoms with van der Waals surface area (Å²) in [6.07, 6.45) is 1.42. The molecule has 22 heavy (non-hydrogen) atoms. The van der Waals surface area contributed by atoms with Gasteiger partial charge in [0.2, 0.25) is 0 Å². The number of urea groups is 1. The highest BCUT2D eigenvalue weighted by Gasteiger charge is 2.15. The third kappa shape index (κ3) is 4.26. The van der Waals surface area contributed by atoms with Crippen molar-refractivity contribution in [1.29, 1.82) is 0 Å². The average Bonchev–Trinajstić information content (AvgIpc) is 2.50. The minimum Gasteiger partial charge on any atom is -0.336 e. The van der Waals surface area contributed by atoms with Crippen LogP contribution in [0.2, 0.25) is 0 Å². The van der Waals surface area contributed by atoms with E-state index in [1.165, 1.54) is 18.3 Å². The maximum Gasteiger partial charge on any atom is 0.320 e. The van der Waals surface area contributed by atoms with Crippen molar-refractivity contribution < 1.29 is 9.18 Å². The predicted octanol–water partition coefficient (Wildman–Crippen LogP) is 2.65. The van der Waals surface area contributed by atoms with Crippen LogP contribution in [-0.2, 0) is 0 Å². The first kappa shape index (κ1) is 15.9. The largest absolute Gasteiger partial charge is 0.336 e. The second-order valence-electron chi connectivity index (χ2n) is 5.06. The molecule has 0 aliphatic heterocycles. The summed E-state index contributed by atoms with van der Waals surface area (Å²) in [6.45, 7) is 0.400. The van der Waals surface area contributed by atoms with Crippen molar-refractivity contribution in [2.75, 3.05) is 26.0 Å². The van der Waals surface area contributed by atoms with Crippen LogP contribution in [0.25, 0.3) is 0 Å². The molecule has 1 atom stereocenters. The number of nitrogens with one attached hydrogen (secondary N) is 2. The smallest absolute Gasteiger partial charge is 0.320 e. The molecule has 0 aliphatic rings. The van der Waals surface area contributed by atoms with Crippen LogP contribution in [0.3, 0.4) is 0 Å². The molecule has 5 nitrogen and oxygen atoms in total. The highest BCUT2D eigenvalue weighted by atomic mass is 19.1. The molecule has 0 spiro atoms. The molecule has 2 aromatic rings. The minimum absolute atomic E-state index is 0.0283. The zero-order valence-electron chi connectivity index (χ0n) is 12.6. The lowest BCUT2D eigenvalue weighted by atomic mass is 10.1.